The molecule has 30 heavy (non-hydrogen) atoms. The van der Waals surface area contributed by atoms with E-state index in [1.165, 1.54) is 12.3 Å². The molecule has 4 aromatic rings. The first-order chi connectivity index (χ1) is 14.2. The molecule has 152 valence electrons. The molecule has 0 fully saturated rings. The molecule has 0 aliphatic heterocycles. The average Bonchev–Trinajstić information content (AvgIpc) is 2.72. The minimum absolute atomic E-state index is 0.00839. The number of pyridine rings is 3. The summed E-state index contributed by atoms with van der Waals surface area (Å²) in [6.45, 7) is 0. The van der Waals surface area contributed by atoms with Gasteiger partial charge in [0.1, 0.15) is 16.9 Å². The van der Waals surface area contributed by atoms with Gasteiger partial charge in [-0.05, 0) is 24.3 Å². The number of methoxy groups -OCH3 is 1. The molecule has 4 rings (SSSR count). The lowest BCUT2D eigenvalue weighted by molar-refractivity contribution is -0.141. The molecule has 2 N–H and O–H groups in total. The number of fused-ring (bicyclic) bond motifs is 2. The maximum absolute atomic E-state index is 13.3. The number of ether oxygens (including phenoxy) is 1. The summed E-state index contributed by atoms with van der Waals surface area (Å²) in [6, 6.07) is 8.29. The minimum Gasteiger partial charge on any atom is -0.465 e. The summed E-state index contributed by atoms with van der Waals surface area (Å²) in [7, 11) is 1.07. The van der Waals surface area contributed by atoms with Crippen molar-refractivity contribution in [1.82, 2.24) is 14.5 Å². The largest absolute Gasteiger partial charge is 0.465 e. The van der Waals surface area contributed by atoms with Gasteiger partial charge in [-0.1, -0.05) is 12.1 Å². The van der Waals surface area contributed by atoms with Gasteiger partial charge in [-0.2, -0.15) is 13.2 Å². The molecular weight excluding hydrogens is 401 g/mol. The number of benzene rings is 1. The van der Waals surface area contributed by atoms with Crippen LogP contribution in [0.25, 0.3) is 27.5 Å². The molecule has 0 radical (unpaired) electrons. The number of nitrogen functional groups attached to an aromatic ring is 1. The summed E-state index contributed by atoms with van der Waals surface area (Å²) in [4.78, 5) is 33.2. The number of carbonyl (C=O) groups excluding carboxylic acids is 1. The van der Waals surface area contributed by atoms with Crippen molar-refractivity contribution in [3.05, 3.63) is 70.4 Å². The zero-order valence-electron chi connectivity index (χ0n) is 15.4. The Morgan fingerprint density at radius 1 is 1.13 bits per heavy atom. The van der Waals surface area contributed by atoms with Gasteiger partial charge in [0.15, 0.2) is 0 Å². The number of carbonyl (C=O) groups is 1. The molecule has 0 atom stereocenters. The molecule has 0 saturated heterocycles. The van der Waals surface area contributed by atoms with Crippen molar-refractivity contribution in [2.75, 3.05) is 12.8 Å². The first-order valence-corrected chi connectivity index (χ1v) is 8.58. The monoisotopic (exact) mass is 414 g/mol. The number of hydrogen-bond donors (Lipinski definition) is 1. The first-order valence-electron chi connectivity index (χ1n) is 8.58. The van der Waals surface area contributed by atoms with E-state index in [1.807, 2.05) is 0 Å². The normalized spacial score (nSPS) is 11.7. The topological polar surface area (TPSA) is 100 Å². The van der Waals surface area contributed by atoms with Gasteiger partial charge in [0.05, 0.1) is 18.5 Å². The van der Waals surface area contributed by atoms with E-state index in [0.717, 1.165) is 23.8 Å². The van der Waals surface area contributed by atoms with E-state index in [0.29, 0.717) is 10.8 Å². The molecule has 0 saturated carbocycles. The average molecular weight is 414 g/mol. The van der Waals surface area contributed by atoms with Crippen LogP contribution >= 0.6 is 0 Å². The van der Waals surface area contributed by atoms with Gasteiger partial charge in [0.2, 0.25) is 0 Å². The number of rotatable bonds is 2. The third kappa shape index (κ3) is 2.93. The van der Waals surface area contributed by atoms with Crippen molar-refractivity contribution in [2.45, 2.75) is 6.18 Å². The van der Waals surface area contributed by atoms with Crippen LogP contribution < -0.4 is 11.3 Å². The Kier molecular flexibility index (Phi) is 4.41. The third-order valence-corrected chi connectivity index (χ3v) is 4.64. The van der Waals surface area contributed by atoms with Gasteiger partial charge in [-0.3, -0.25) is 14.3 Å². The Labute approximate surface area is 166 Å². The van der Waals surface area contributed by atoms with Crippen LogP contribution in [0.2, 0.25) is 0 Å². The van der Waals surface area contributed by atoms with E-state index < -0.39 is 29.0 Å². The fourth-order valence-electron chi connectivity index (χ4n) is 3.27. The van der Waals surface area contributed by atoms with Gasteiger partial charge in [0.25, 0.3) is 5.56 Å². The number of aromatic nitrogens is 3. The Morgan fingerprint density at radius 3 is 2.60 bits per heavy atom. The summed E-state index contributed by atoms with van der Waals surface area (Å²) < 4.78 is 45.5. The molecule has 0 aliphatic rings. The van der Waals surface area contributed by atoms with Crippen molar-refractivity contribution in [3.8, 4) is 5.69 Å². The van der Waals surface area contributed by atoms with Crippen LogP contribution in [0.5, 0.6) is 0 Å². The maximum atomic E-state index is 13.3. The van der Waals surface area contributed by atoms with Crippen molar-refractivity contribution >= 4 is 33.5 Å². The molecule has 3 aromatic heterocycles. The summed E-state index contributed by atoms with van der Waals surface area (Å²) in [5, 5.41) is 1.17. The van der Waals surface area contributed by atoms with Gasteiger partial charge < -0.3 is 10.5 Å². The second kappa shape index (κ2) is 6.83. The quantitative estimate of drug-likeness (QED) is 0.505. The summed E-state index contributed by atoms with van der Waals surface area (Å²) in [5.41, 5.74) is 2.93. The van der Waals surface area contributed by atoms with E-state index in [2.05, 4.69) is 14.7 Å². The van der Waals surface area contributed by atoms with Crippen LogP contribution in [-0.4, -0.2) is 27.6 Å². The summed E-state index contributed by atoms with van der Waals surface area (Å²) in [5.74, 6) is -1.00. The highest BCUT2D eigenvalue weighted by Gasteiger charge is 2.34. The van der Waals surface area contributed by atoms with Crippen LogP contribution in [0.3, 0.4) is 0 Å². The van der Waals surface area contributed by atoms with Crippen molar-refractivity contribution in [1.29, 1.82) is 0 Å². The van der Waals surface area contributed by atoms with Crippen LogP contribution in [-0.2, 0) is 10.9 Å². The highest BCUT2D eigenvalue weighted by molar-refractivity contribution is 6.04. The lowest BCUT2D eigenvalue weighted by atomic mass is 10.1. The Bertz CT molecular complexity index is 1370. The molecule has 0 spiro atoms. The molecule has 0 amide bonds. The van der Waals surface area contributed by atoms with E-state index in [9.17, 15) is 22.8 Å². The number of alkyl halides is 3. The number of esters is 1. The van der Waals surface area contributed by atoms with E-state index in [-0.39, 0.29) is 22.4 Å². The second-order valence-electron chi connectivity index (χ2n) is 6.36. The van der Waals surface area contributed by atoms with Gasteiger partial charge >= 0.3 is 12.1 Å². The van der Waals surface area contributed by atoms with E-state index in [4.69, 9.17) is 5.73 Å². The number of nitrogens with two attached hydrogens (primary N) is 1. The molecule has 0 aliphatic carbocycles. The fraction of sp³-hybridized carbons (Fsp3) is 0.100. The van der Waals surface area contributed by atoms with Crippen LogP contribution in [0.4, 0.5) is 18.9 Å². The van der Waals surface area contributed by atoms with Crippen LogP contribution in [0.15, 0.2) is 53.6 Å². The van der Waals surface area contributed by atoms with Gasteiger partial charge in [0, 0.05) is 28.6 Å². The fourth-order valence-corrected chi connectivity index (χ4v) is 3.27. The minimum atomic E-state index is -4.74. The number of halogens is 3. The first kappa shape index (κ1) is 19.4. The van der Waals surface area contributed by atoms with Crippen molar-refractivity contribution in [2.24, 2.45) is 0 Å². The zero-order valence-corrected chi connectivity index (χ0v) is 15.4. The molecule has 7 nitrogen and oxygen atoms in total. The highest BCUT2D eigenvalue weighted by atomic mass is 19.4. The molecule has 1 aromatic carbocycles. The summed E-state index contributed by atoms with van der Waals surface area (Å²) >= 11 is 0. The maximum Gasteiger partial charge on any atom is 0.433 e. The number of hydrogen-bond acceptors (Lipinski definition) is 6. The summed E-state index contributed by atoms with van der Waals surface area (Å²) in [6.07, 6.45) is -1.72. The third-order valence-electron chi connectivity index (χ3n) is 4.64. The molecule has 0 bridgehead atoms. The SMILES string of the molecule is COC(=O)c1c(N)c2ccc(C(F)(F)F)nc2n(-c2cccc3cnccc23)c1=O. The van der Waals surface area contributed by atoms with E-state index >= 15 is 0 Å². The standard InChI is InChI=1S/C20H13F3N4O3/c1-30-19(29)15-16(24)12-5-6-14(20(21,22)23)26-17(12)27(18(15)28)13-4-2-3-10-9-25-8-7-11(10)13/h2-9H,24H2,1H3. The Balaban J connectivity index is 2.23. The molecular formula is C20H13F3N4O3. The Morgan fingerprint density at radius 2 is 1.90 bits per heavy atom. The van der Waals surface area contributed by atoms with Crippen molar-refractivity contribution < 1.29 is 22.7 Å². The van der Waals surface area contributed by atoms with Gasteiger partial charge in [-0.25, -0.2) is 9.78 Å². The predicted octanol–water partition coefficient (Wildman–Crippen LogP) is 3.32. The van der Waals surface area contributed by atoms with Gasteiger partial charge in [-0.15, -0.1) is 0 Å². The predicted molar refractivity (Wildman–Crippen MR) is 103 cm³/mol. The number of nitrogens with zero attached hydrogens (tertiary/aromatic N) is 3. The molecule has 10 heteroatoms. The lowest BCUT2D eigenvalue weighted by Gasteiger charge is -2.17. The zero-order chi connectivity index (χ0) is 21.6. The second-order valence-corrected chi connectivity index (χ2v) is 6.36. The molecule has 0 unspecified atom stereocenters. The van der Waals surface area contributed by atoms with E-state index in [1.54, 1.807) is 24.4 Å². The van der Waals surface area contributed by atoms with Crippen LogP contribution in [0.1, 0.15) is 16.1 Å². The molecule has 3 heterocycles. The highest BCUT2D eigenvalue weighted by Crippen LogP contribution is 2.32. The lowest BCUT2D eigenvalue weighted by Crippen LogP contribution is -2.29. The van der Waals surface area contributed by atoms with Crippen molar-refractivity contribution in [3.63, 3.8) is 0 Å². The number of anilines is 1. The Hall–Kier alpha value is -3.95. The smallest absolute Gasteiger partial charge is 0.433 e. The van der Waals surface area contributed by atoms with Crippen LogP contribution in [0, 0.1) is 0 Å².